The Labute approximate surface area is 86.7 Å². The molecule has 13 heavy (non-hydrogen) atoms. The van der Waals surface area contributed by atoms with Crippen molar-refractivity contribution in [3.63, 3.8) is 0 Å². The first-order chi connectivity index (χ1) is 6.24. The highest BCUT2D eigenvalue weighted by Crippen LogP contribution is 2.23. The lowest BCUT2D eigenvalue weighted by atomic mass is 10.0. The number of alkyl halides is 1. The third-order valence-electron chi connectivity index (χ3n) is 1.90. The number of nitrogens with zero attached hydrogens (tertiary/aromatic N) is 1. The zero-order chi connectivity index (χ0) is 9.68. The molecule has 0 N–H and O–H groups in total. The number of rotatable bonds is 4. The van der Waals surface area contributed by atoms with Crippen LogP contribution in [0.2, 0.25) is 0 Å². The van der Waals surface area contributed by atoms with Gasteiger partial charge in [-0.2, -0.15) is 5.26 Å². The van der Waals surface area contributed by atoms with Gasteiger partial charge in [-0.05, 0) is 25.0 Å². The topological polar surface area (TPSA) is 36.9 Å². The van der Waals surface area contributed by atoms with Crippen molar-refractivity contribution in [2.45, 2.75) is 30.5 Å². The predicted molar refractivity (Wildman–Crippen MR) is 54.7 cm³/mol. The average Bonchev–Trinajstić information content (AvgIpc) is 2.58. The molecule has 0 aromatic carbocycles. The summed E-state index contributed by atoms with van der Waals surface area (Å²) in [4.78, 5) is 0.457. The Kier molecular flexibility index (Phi) is 4.04. The molecule has 0 saturated heterocycles. The normalized spacial score (nSPS) is 14.8. The maximum atomic E-state index is 8.89. The molecule has 1 heterocycles. The standard InChI is InChI=1S/C10H12BrNO/c1-8(11)4-5-9(7-12)10-3-2-6-13-10/h2-3,6,8-9H,4-5H2,1H3. The first-order valence-electron chi connectivity index (χ1n) is 4.31. The molecule has 2 atom stereocenters. The lowest BCUT2D eigenvalue weighted by Crippen LogP contribution is -1.98. The van der Waals surface area contributed by atoms with Gasteiger partial charge in [0.2, 0.25) is 0 Å². The molecule has 0 radical (unpaired) electrons. The zero-order valence-corrected chi connectivity index (χ0v) is 9.12. The highest BCUT2D eigenvalue weighted by Gasteiger charge is 2.13. The minimum Gasteiger partial charge on any atom is -0.468 e. The van der Waals surface area contributed by atoms with Crippen molar-refractivity contribution in [3.05, 3.63) is 24.2 Å². The van der Waals surface area contributed by atoms with E-state index in [4.69, 9.17) is 9.68 Å². The average molecular weight is 242 g/mol. The van der Waals surface area contributed by atoms with Gasteiger partial charge >= 0.3 is 0 Å². The second kappa shape index (κ2) is 5.08. The van der Waals surface area contributed by atoms with Crippen molar-refractivity contribution in [2.24, 2.45) is 0 Å². The Morgan fingerprint density at radius 1 is 1.62 bits per heavy atom. The number of hydrogen-bond donors (Lipinski definition) is 0. The highest BCUT2D eigenvalue weighted by atomic mass is 79.9. The van der Waals surface area contributed by atoms with Crippen molar-refractivity contribution in [2.75, 3.05) is 0 Å². The van der Waals surface area contributed by atoms with Gasteiger partial charge in [0.1, 0.15) is 11.7 Å². The van der Waals surface area contributed by atoms with E-state index in [0.717, 1.165) is 18.6 Å². The third kappa shape index (κ3) is 3.23. The lowest BCUT2D eigenvalue weighted by molar-refractivity contribution is 0.477. The second-order valence-corrected chi connectivity index (χ2v) is 4.62. The van der Waals surface area contributed by atoms with E-state index in [1.165, 1.54) is 0 Å². The van der Waals surface area contributed by atoms with E-state index in [-0.39, 0.29) is 5.92 Å². The fraction of sp³-hybridized carbons (Fsp3) is 0.500. The van der Waals surface area contributed by atoms with Crippen LogP contribution in [0.1, 0.15) is 31.4 Å². The van der Waals surface area contributed by atoms with Gasteiger partial charge in [-0.3, -0.25) is 0 Å². The van der Waals surface area contributed by atoms with Crippen LogP contribution >= 0.6 is 15.9 Å². The summed E-state index contributed by atoms with van der Waals surface area (Å²) in [5, 5.41) is 8.89. The van der Waals surface area contributed by atoms with Gasteiger partial charge in [0.25, 0.3) is 0 Å². The molecule has 1 aromatic heterocycles. The van der Waals surface area contributed by atoms with Crippen LogP contribution in [0.4, 0.5) is 0 Å². The maximum absolute atomic E-state index is 8.89. The van der Waals surface area contributed by atoms with E-state index in [1.54, 1.807) is 6.26 Å². The molecule has 0 saturated carbocycles. The quantitative estimate of drug-likeness (QED) is 0.758. The smallest absolute Gasteiger partial charge is 0.120 e. The molecular formula is C10H12BrNO. The molecule has 0 aliphatic rings. The largest absolute Gasteiger partial charge is 0.468 e. The number of halogens is 1. The lowest BCUT2D eigenvalue weighted by Gasteiger charge is -2.06. The second-order valence-electron chi connectivity index (χ2n) is 3.06. The Morgan fingerprint density at radius 3 is 2.85 bits per heavy atom. The molecule has 0 fully saturated rings. The van der Waals surface area contributed by atoms with Crippen LogP contribution in [0, 0.1) is 11.3 Å². The molecule has 1 rings (SSSR count). The number of hydrogen-bond acceptors (Lipinski definition) is 2. The van der Waals surface area contributed by atoms with Gasteiger partial charge in [0, 0.05) is 4.83 Å². The van der Waals surface area contributed by atoms with Gasteiger partial charge in [0.15, 0.2) is 0 Å². The Bertz CT molecular complexity index is 274. The summed E-state index contributed by atoms with van der Waals surface area (Å²) in [5.74, 6) is 0.672. The molecule has 0 spiro atoms. The summed E-state index contributed by atoms with van der Waals surface area (Å²) in [7, 11) is 0. The van der Waals surface area contributed by atoms with Crippen molar-refractivity contribution in [1.29, 1.82) is 5.26 Å². The van der Waals surface area contributed by atoms with Crippen LogP contribution in [0.5, 0.6) is 0 Å². The number of nitriles is 1. The van der Waals surface area contributed by atoms with Crippen LogP contribution in [-0.2, 0) is 0 Å². The summed E-state index contributed by atoms with van der Waals surface area (Å²) >= 11 is 3.46. The van der Waals surface area contributed by atoms with Crippen molar-refractivity contribution >= 4 is 15.9 Å². The zero-order valence-electron chi connectivity index (χ0n) is 7.53. The summed E-state index contributed by atoms with van der Waals surface area (Å²) in [5.41, 5.74) is 0. The molecular weight excluding hydrogens is 230 g/mol. The van der Waals surface area contributed by atoms with Gasteiger partial charge in [-0.1, -0.05) is 22.9 Å². The molecule has 2 nitrogen and oxygen atoms in total. The van der Waals surface area contributed by atoms with Crippen molar-refractivity contribution in [3.8, 4) is 6.07 Å². The summed E-state index contributed by atoms with van der Waals surface area (Å²) < 4.78 is 5.18. The van der Waals surface area contributed by atoms with E-state index in [1.807, 2.05) is 12.1 Å². The minimum absolute atomic E-state index is 0.102. The van der Waals surface area contributed by atoms with E-state index >= 15 is 0 Å². The van der Waals surface area contributed by atoms with E-state index < -0.39 is 0 Å². The Morgan fingerprint density at radius 2 is 2.38 bits per heavy atom. The van der Waals surface area contributed by atoms with Gasteiger partial charge in [-0.25, -0.2) is 0 Å². The van der Waals surface area contributed by atoms with Gasteiger partial charge < -0.3 is 4.42 Å². The Hall–Kier alpha value is -0.750. The fourth-order valence-corrected chi connectivity index (χ4v) is 1.42. The summed E-state index contributed by atoms with van der Waals surface area (Å²) in [6.07, 6.45) is 3.44. The van der Waals surface area contributed by atoms with Crippen LogP contribution in [0.25, 0.3) is 0 Å². The molecule has 2 unspecified atom stereocenters. The SMILES string of the molecule is CC(Br)CCC(C#N)c1ccco1. The van der Waals surface area contributed by atoms with Gasteiger partial charge in [0.05, 0.1) is 12.3 Å². The number of furan rings is 1. The molecule has 0 bridgehead atoms. The highest BCUT2D eigenvalue weighted by molar-refractivity contribution is 9.09. The van der Waals surface area contributed by atoms with Crippen LogP contribution in [0.3, 0.4) is 0 Å². The maximum Gasteiger partial charge on any atom is 0.120 e. The molecule has 3 heteroatoms. The molecule has 0 aliphatic carbocycles. The predicted octanol–water partition coefficient (Wildman–Crippen LogP) is 3.45. The molecule has 0 aliphatic heterocycles. The summed E-state index contributed by atoms with van der Waals surface area (Å²) in [6.45, 7) is 2.08. The van der Waals surface area contributed by atoms with E-state index in [0.29, 0.717) is 4.83 Å². The molecule has 70 valence electrons. The first-order valence-corrected chi connectivity index (χ1v) is 5.22. The minimum atomic E-state index is -0.102. The monoisotopic (exact) mass is 241 g/mol. The van der Waals surface area contributed by atoms with Crippen molar-refractivity contribution < 1.29 is 4.42 Å². The Balaban J connectivity index is 2.51. The van der Waals surface area contributed by atoms with E-state index in [9.17, 15) is 0 Å². The van der Waals surface area contributed by atoms with E-state index in [2.05, 4.69) is 28.9 Å². The fourth-order valence-electron chi connectivity index (χ4n) is 1.16. The van der Waals surface area contributed by atoms with Crippen LogP contribution in [-0.4, -0.2) is 4.83 Å². The third-order valence-corrected chi connectivity index (χ3v) is 2.35. The summed E-state index contributed by atoms with van der Waals surface area (Å²) in [6, 6.07) is 5.92. The molecule has 0 amide bonds. The van der Waals surface area contributed by atoms with Crippen molar-refractivity contribution in [1.82, 2.24) is 0 Å². The first kappa shape index (κ1) is 10.3. The molecule has 1 aromatic rings. The van der Waals surface area contributed by atoms with Crippen LogP contribution < -0.4 is 0 Å². The van der Waals surface area contributed by atoms with Gasteiger partial charge in [-0.15, -0.1) is 0 Å². The van der Waals surface area contributed by atoms with Crippen LogP contribution in [0.15, 0.2) is 22.8 Å².